The second-order valence-electron chi connectivity index (χ2n) is 3.19. The molecule has 1 saturated heterocycles. The van der Waals surface area contributed by atoms with Gasteiger partial charge in [-0.2, -0.15) is 0 Å². The summed E-state index contributed by atoms with van der Waals surface area (Å²) in [4.78, 5) is 43.7. The van der Waals surface area contributed by atoms with Crippen LogP contribution in [0.2, 0.25) is 0 Å². The molecule has 7 nitrogen and oxygen atoms in total. The fourth-order valence-electron chi connectivity index (χ4n) is 1.53. The minimum absolute atomic E-state index is 0.863. The van der Waals surface area contributed by atoms with Gasteiger partial charge in [0.05, 0.1) is 0 Å². The molecule has 2 atom stereocenters. The van der Waals surface area contributed by atoms with Gasteiger partial charge in [0.15, 0.2) is 11.6 Å². The van der Waals surface area contributed by atoms with Crippen LogP contribution in [-0.4, -0.2) is 44.9 Å². The molecule has 0 aliphatic carbocycles. The van der Waals surface area contributed by atoms with Gasteiger partial charge >= 0.3 is 11.9 Å². The molecule has 2 unspecified atom stereocenters. The van der Waals surface area contributed by atoms with E-state index in [0.29, 0.717) is 0 Å². The van der Waals surface area contributed by atoms with Gasteiger partial charge in [0.25, 0.3) is 11.2 Å². The Hall–Kier alpha value is -1.76. The lowest BCUT2D eigenvalue weighted by Gasteiger charge is -2.07. The van der Waals surface area contributed by atoms with E-state index >= 15 is 0 Å². The number of carboxylic acids is 2. The maximum atomic E-state index is 11.1. The minimum atomic E-state index is -2.56. The standard InChI is InChI=1S/C8H8O7/c1-3(9)7(5(11)12)8(15-7,4(2)10)6(13)14/h1-2H3,(H,11,12)(H,13,14). The fourth-order valence-corrected chi connectivity index (χ4v) is 1.53. The third-order valence-electron chi connectivity index (χ3n) is 2.35. The van der Waals surface area contributed by atoms with E-state index in [0.717, 1.165) is 13.8 Å². The SMILES string of the molecule is CC(=O)C1(C(=O)O)OC1(C(C)=O)C(=O)O. The Labute approximate surface area is 83.6 Å². The van der Waals surface area contributed by atoms with Crippen LogP contribution < -0.4 is 0 Å². The quantitative estimate of drug-likeness (QED) is 0.449. The highest BCUT2D eigenvalue weighted by Crippen LogP contribution is 2.50. The van der Waals surface area contributed by atoms with Gasteiger partial charge in [-0.05, 0) is 13.8 Å². The Kier molecular flexibility index (Phi) is 2.16. The summed E-state index contributed by atoms with van der Waals surface area (Å²) in [5.41, 5.74) is -5.13. The first-order valence-electron chi connectivity index (χ1n) is 3.92. The van der Waals surface area contributed by atoms with Crippen molar-refractivity contribution < 1.29 is 34.1 Å². The zero-order valence-corrected chi connectivity index (χ0v) is 7.94. The second kappa shape index (κ2) is 2.86. The van der Waals surface area contributed by atoms with Crippen LogP contribution in [-0.2, 0) is 23.9 Å². The highest BCUT2D eigenvalue weighted by atomic mass is 16.7. The van der Waals surface area contributed by atoms with Crippen LogP contribution in [0.5, 0.6) is 0 Å². The van der Waals surface area contributed by atoms with E-state index in [1.807, 2.05) is 0 Å². The molecule has 1 fully saturated rings. The second-order valence-corrected chi connectivity index (χ2v) is 3.19. The highest BCUT2D eigenvalue weighted by Gasteiger charge is 2.86. The van der Waals surface area contributed by atoms with E-state index in [-0.39, 0.29) is 0 Å². The molecule has 1 heterocycles. The average Bonchev–Trinajstić information content (AvgIpc) is 2.74. The zero-order valence-electron chi connectivity index (χ0n) is 7.94. The molecule has 0 aromatic carbocycles. The largest absolute Gasteiger partial charge is 0.479 e. The van der Waals surface area contributed by atoms with E-state index in [2.05, 4.69) is 4.74 Å². The number of ether oxygens (including phenoxy) is 1. The molecule has 82 valence electrons. The van der Waals surface area contributed by atoms with Crippen molar-refractivity contribution in [1.82, 2.24) is 0 Å². The van der Waals surface area contributed by atoms with Crippen molar-refractivity contribution in [3.63, 3.8) is 0 Å². The van der Waals surface area contributed by atoms with Crippen molar-refractivity contribution in [1.29, 1.82) is 0 Å². The lowest BCUT2D eigenvalue weighted by Crippen LogP contribution is -2.48. The molecule has 15 heavy (non-hydrogen) atoms. The first kappa shape index (κ1) is 11.3. The van der Waals surface area contributed by atoms with Crippen LogP contribution in [0.25, 0.3) is 0 Å². The Morgan fingerprint density at radius 3 is 1.20 bits per heavy atom. The monoisotopic (exact) mass is 216 g/mol. The molecule has 2 N–H and O–H groups in total. The molecule has 0 radical (unpaired) electrons. The van der Waals surface area contributed by atoms with Gasteiger partial charge in [-0.1, -0.05) is 0 Å². The third kappa shape index (κ3) is 1.03. The summed E-state index contributed by atoms with van der Waals surface area (Å²) in [6.07, 6.45) is 0. The number of hydrogen-bond donors (Lipinski definition) is 2. The number of rotatable bonds is 4. The fraction of sp³-hybridized carbons (Fsp3) is 0.500. The normalized spacial score (nSPS) is 33.2. The van der Waals surface area contributed by atoms with E-state index in [1.165, 1.54) is 0 Å². The molecule has 0 aromatic heterocycles. The summed E-state index contributed by atoms with van der Waals surface area (Å²) < 4.78 is 4.44. The van der Waals surface area contributed by atoms with Crippen molar-refractivity contribution in [2.45, 2.75) is 25.0 Å². The van der Waals surface area contributed by atoms with Gasteiger partial charge in [-0.3, -0.25) is 9.59 Å². The summed E-state index contributed by atoms with van der Waals surface area (Å²) in [5.74, 6) is -5.58. The van der Waals surface area contributed by atoms with E-state index in [1.54, 1.807) is 0 Å². The molecule has 0 amide bonds. The van der Waals surface area contributed by atoms with Gasteiger partial charge in [0.2, 0.25) is 0 Å². The van der Waals surface area contributed by atoms with Crippen molar-refractivity contribution >= 4 is 23.5 Å². The van der Waals surface area contributed by atoms with Gasteiger partial charge in [0, 0.05) is 0 Å². The van der Waals surface area contributed by atoms with Gasteiger partial charge in [0.1, 0.15) is 0 Å². The lowest BCUT2D eigenvalue weighted by molar-refractivity contribution is -0.152. The van der Waals surface area contributed by atoms with Crippen LogP contribution in [0.3, 0.4) is 0 Å². The first-order chi connectivity index (χ1) is 6.73. The Morgan fingerprint density at radius 2 is 1.13 bits per heavy atom. The minimum Gasteiger partial charge on any atom is -0.479 e. The zero-order chi connectivity index (χ0) is 12.0. The molecule has 1 aliphatic heterocycles. The van der Waals surface area contributed by atoms with Crippen LogP contribution in [0, 0.1) is 0 Å². The molecule has 1 aliphatic rings. The Balaban J connectivity index is 3.32. The summed E-state index contributed by atoms with van der Waals surface area (Å²) >= 11 is 0. The molecular formula is C8H8O7. The number of carboxylic acid groups (broad SMARTS) is 2. The molecule has 0 aromatic rings. The number of hydrogen-bond acceptors (Lipinski definition) is 5. The molecular weight excluding hydrogens is 208 g/mol. The van der Waals surface area contributed by atoms with E-state index < -0.39 is 34.7 Å². The average molecular weight is 216 g/mol. The smallest absolute Gasteiger partial charge is 0.348 e. The number of carbonyl (C=O) groups is 4. The molecule has 0 saturated carbocycles. The molecule has 0 spiro atoms. The number of aliphatic carboxylic acids is 2. The summed E-state index contributed by atoms with van der Waals surface area (Å²) in [6, 6.07) is 0. The van der Waals surface area contributed by atoms with E-state index in [9.17, 15) is 19.2 Å². The predicted molar refractivity (Wildman–Crippen MR) is 43.2 cm³/mol. The number of epoxide rings is 1. The van der Waals surface area contributed by atoms with Crippen molar-refractivity contribution in [3.05, 3.63) is 0 Å². The predicted octanol–water partition coefficient (Wildman–Crippen LogP) is -1.16. The molecule has 1 rings (SSSR count). The van der Waals surface area contributed by atoms with Crippen molar-refractivity contribution in [3.8, 4) is 0 Å². The van der Waals surface area contributed by atoms with Gasteiger partial charge < -0.3 is 14.9 Å². The first-order valence-corrected chi connectivity index (χ1v) is 3.92. The summed E-state index contributed by atoms with van der Waals surface area (Å²) in [6.45, 7) is 1.73. The van der Waals surface area contributed by atoms with Crippen molar-refractivity contribution in [2.75, 3.05) is 0 Å². The lowest BCUT2D eigenvalue weighted by atomic mass is 9.86. The topological polar surface area (TPSA) is 121 Å². The molecule has 0 bridgehead atoms. The van der Waals surface area contributed by atoms with Crippen LogP contribution in [0.1, 0.15) is 13.8 Å². The molecule has 7 heteroatoms. The van der Waals surface area contributed by atoms with E-state index in [4.69, 9.17) is 10.2 Å². The number of ketones is 2. The maximum absolute atomic E-state index is 11.1. The third-order valence-corrected chi connectivity index (χ3v) is 2.35. The maximum Gasteiger partial charge on any atom is 0.348 e. The van der Waals surface area contributed by atoms with Crippen LogP contribution in [0.4, 0.5) is 0 Å². The summed E-state index contributed by atoms with van der Waals surface area (Å²) in [7, 11) is 0. The van der Waals surface area contributed by atoms with Gasteiger partial charge in [-0.15, -0.1) is 0 Å². The Bertz CT molecular complexity index is 316. The number of Topliss-reactive ketones (excluding diaryl/α,β-unsaturated/α-hetero) is 2. The highest BCUT2D eigenvalue weighted by molar-refractivity contribution is 6.26. The van der Waals surface area contributed by atoms with Gasteiger partial charge in [-0.25, -0.2) is 9.59 Å². The van der Waals surface area contributed by atoms with Crippen LogP contribution >= 0.6 is 0 Å². The van der Waals surface area contributed by atoms with Crippen LogP contribution in [0.15, 0.2) is 0 Å². The van der Waals surface area contributed by atoms with Crippen molar-refractivity contribution in [2.24, 2.45) is 0 Å². The number of carbonyl (C=O) groups excluding carboxylic acids is 2. The Morgan fingerprint density at radius 1 is 0.867 bits per heavy atom. The summed E-state index contributed by atoms with van der Waals surface area (Å²) in [5, 5.41) is 17.5.